The largest absolute Gasteiger partial charge is 0.489 e. The standard InChI is InChI=1S/C21H28N2O4/c1-26-14-20(24)22-10-8-17(9-11-22)27-19-5-3-2-4-18(19)21(25)23-13-15-6-7-16(23)12-15/h2-5,15-17H,6-14H2,1H3/t15-,16-/m0/s1. The summed E-state index contributed by atoms with van der Waals surface area (Å²) in [6.45, 7) is 2.34. The van der Waals surface area contributed by atoms with E-state index < -0.39 is 0 Å². The van der Waals surface area contributed by atoms with Crippen molar-refractivity contribution in [2.45, 2.75) is 44.2 Å². The highest BCUT2D eigenvalue weighted by molar-refractivity contribution is 5.97. The SMILES string of the molecule is COCC(=O)N1CCC(Oc2ccccc2C(=O)N2C[C@H]3CC[C@H]2C3)CC1. The Morgan fingerprint density at radius 1 is 1.11 bits per heavy atom. The third-order valence-electron chi connectivity index (χ3n) is 6.14. The molecule has 0 N–H and O–H groups in total. The zero-order valence-corrected chi connectivity index (χ0v) is 15.9. The van der Waals surface area contributed by atoms with Gasteiger partial charge in [0.05, 0.1) is 5.56 Å². The molecule has 2 amide bonds. The van der Waals surface area contributed by atoms with Crippen molar-refractivity contribution in [3.05, 3.63) is 29.8 Å². The monoisotopic (exact) mass is 372 g/mol. The molecule has 0 unspecified atom stereocenters. The molecular formula is C21H28N2O4. The van der Waals surface area contributed by atoms with Gasteiger partial charge in [-0.15, -0.1) is 0 Å². The van der Waals surface area contributed by atoms with E-state index in [1.165, 1.54) is 13.5 Å². The van der Waals surface area contributed by atoms with E-state index in [0.717, 1.165) is 32.2 Å². The van der Waals surface area contributed by atoms with Gasteiger partial charge in [-0.2, -0.15) is 0 Å². The molecule has 2 heterocycles. The third kappa shape index (κ3) is 3.81. The molecule has 6 nitrogen and oxygen atoms in total. The topological polar surface area (TPSA) is 59.1 Å². The maximum atomic E-state index is 13.1. The summed E-state index contributed by atoms with van der Waals surface area (Å²) < 4.78 is 11.1. The van der Waals surface area contributed by atoms with E-state index in [4.69, 9.17) is 9.47 Å². The summed E-state index contributed by atoms with van der Waals surface area (Å²) in [5.74, 6) is 1.48. The van der Waals surface area contributed by atoms with Crippen LogP contribution in [0.1, 0.15) is 42.5 Å². The molecule has 1 aliphatic carbocycles. The molecular weight excluding hydrogens is 344 g/mol. The number of likely N-dealkylation sites (tertiary alicyclic amines) is 2. The lowest BCUT2D eigenvalue weighted by atomic mass is 10.1. The Bertz CT molecular complexity index is 699. The summed E-state index contributed by atoms with van der Waals surface area (Å²) in [6, 6.07) is 8.00. The molecule has 27 heavy (non-hydrogen) atoms. The first-order valence-electron chi connectivity index (χ1n) is 9.99. The first-order valence-corrected chi connectivity index (χ1v) is 9.99. The van der Waals surface area contributed by atoms with Gasteiger partial charge in [-0.25, -0.2) is 0 Å². The summed E-state index contributed by atoms with van der Waals surface area (Å²) in [6.07, 6.45) is 5.11. The Balaban J connectivity index is 1.39. The number of ether oxygens (including phenoxy) is 2. The second kappa shape index (κ2) is 7.89. The van der Waals surface area contributed by atoms with Crippen molar-refractivity contribution in [3.8, 4) is 5.75 Å². The van der Waals surface area contributed by atoms with Crippen molar-refractivity contribution in [1.29, 1.82) is 0 Å². The van der Waals surface area contributed by atoms with Crippen LogP contribution < -0.4 is 4.74 Å². The molecule has 3 aliphatic rings. The van der Waals surface area contributed by atoms with Gasteiger partial charge in [0, 0.05) is 45.6 Å². The fraction of sp³-hybridized carbons (Fsp3) is 0.619. The number of carbonyl (C=O) groups is 2. The number of nitrogens with zero attached hydrogens (tertiary/aromatic N) is 2. The second-order valence-electron chi connectivity index (χ2n) is 7.92. The zero-order valence-electron chi connectivity index (χ0n) is 15.9. The fourth-order valence-electron chi connectivity index (χ4n) is 4.69. The van der Waals surface area contributed by atoms with Crippen molar-refractivity contribution in [2.24, 2.45) is 5.92 Å². The van der Waals surface area contributed by atoms with Gasteiger partial charge >= 0.3 is 0 Å². The molecule has 0 spiro atoms. The lowest BCUT2D eigenvalue weighted by Gasteiger charge is -2.33. The number of hydrogen-bond donors (Lipinski definition) is 0. The lowest BCUT2D eigenvalue weighted by molar-refractivity contribution is -0.136. The van der Waals surface area contributed by atoms with Crippen molar-refractivity contribution in [3.63, 3.8) is 0 Å². The zero-order chi connectivity index (χ0) is 18.8. The van der Waals surface area contributed by atoms with Crippen LogP contribution in [0.4, 0.5) is 0 Å². The van der Waals surface area contributed by atoms with Gasteiger partial charge in [-0.1, -0.05) is 12.1 Å². The summed E-state index contributed by atoms with van der Waals surface area (Å²) in [5.41, 5.74) is 0.669. The van der Waals surface area contributed by atoms with Crippen LogP contribution in [0.15, 0.2) is 24.3 Å². The van der Waals surface area contributed by atoms with Crippen molar-refractivity contribution in [2.75, 3.05) is 33.4 Å². The van der Waals surface area contributed by atoms with Gasteiger partial charge in [0.2, 0.25) is 5.91 Å². The van der Waals surface area contributed by atoms with Crippen LogP contribution >= 0.6 is 0 Å². The number of rotatable bonds is 5. The summed E-state index contributed by atoms with van der Waals surface area (Å²) in [7, 11) is 1.54. The van der Waals surface area contributed by atoms with Crippen LogP contribution in [0, 0.1) is 5.92 Å². The Labute approximate surface area is 160 Å². The highest BCUT2D eigenvalue weighted by Gasteiger charge is 2.41. The average Bonchev–Trinajstić information content (AvgIpc) is 3.32. The predicted octanol–water partition coefficient (Wildman–Crippen LogP) is 2.33. The number of methoxy groups -OCH3 is 1. The fourth-order valence-corrected chi connectivity index (χ4v) is 4.69. The van der Waals surface area contributed by atoms with Gasteiger partial charge in [-0.05, 0) is 37.3 Å². The van der Waals surface area contributed by atoms with Crippen LogP contribution in [-0.2, 0) is 9.53 Å². The number of benzene rings is 1. The van der Waals surface area contributed by atoms with E-state index in [0.29, 0.717) is 36.4 Å². The minimum absolute atomic E-state index is 0.0237. The quantitative estimate of drug-likeness (QED) is 0.796. The van der Waals surface area contributed by atoms with Crippen molar-refractivity contribution in [1.82, 2.24) is 9.80 Å². The molecule has 2 bridgehead atoms. The lowest BCUT2D eigenvalue weighted by Crippen LogP contribution is -2.43. The summed E-state index contributed by atoms with van der Waals surface area (Å²) in [5, 5.41) is 0. The Morgan fingerprint density at radius 2 is 1.89 bits per heavy atom. The molecule has 0 aromatic heterocycles. The van der Waals surface area contributed by atoms with Crippen LogP contribution in [0.3, 0.4) is 0 Å². The summed E-state index contributed by atoms with van der Waals surface area (Å²) in [4.78, 5) is 28.9. The molecule has 4 rings (SSSR count). The molecule has 1 aromatic carbocycles. The normalized spacial score (nSPS) is 25.1. The van der Waals surface area contributed by atoms with E-state index in [1.807, 2.05) is 34.1 Å². The molecule has 2 atom stereocenters. The van der Waals surface area contributed by atoms with Gasteiger partial charge in [0.15, 0.2) is 0 Å². The number of fused-ring (bicyclic) bond motifs is 2. The third-order valence-corrected chi connectivity index (χ3v) is 6.14. The minimum atomic E-state index is 0.0237. The second-order valence-corrected chi connectivity index (χ2v) is 7.92. The van der Waals surface area contributed by atoms with Gasteiger partial charge in [-0.3, -0.25) is 9.59 Å². The average molecular weight is 372 g/mol. The first-order chi connectivity index (χ1) is 13.2. The van der Waals surface area contributed by atoms with Crippen LogP contribution in [-0.4, -0.2) is 67.1 Å². The number of hydrogen-bond acceptors (Lipinski definition) is 4. The first kappa shape index (κ1) is 18.3. The Morgan fingerprint density at radius 3 is 2.56 bits per heavy atom. The molecule has 3 fully saturated rings. The van der Waals surface area contributed by atoms with Crippen molar-refractivity contribution < 1.29 is 19.1 Å². The minimum Gasteiger partial charge on any atom is -0.489 e. The number of carbonyl (C=O) groups excluding carboxylic acids is 2. The van der Waals surface area contributed by atoms with E-state index >= 15 is 0 Å². The van der Waals surface area contributed by atoms with Gasteiger partial charge < -0.3 is 19.3 Å². The van der Waals surface area contributed by atoms with Crippen molar-refractivity contribution >= 4 is 11.8 Å². The number of piperidine rings is 2. The molecule has 0 radical (unpaired) electrons. The maximum Gasteiger partial charge on any atom is 0.257 e. The van der Waals surface area contributed by atoms with E-state index in [9.17, 15) is 9.59 Å². The Kier molecular flexibility index (Phi) is 5.34. The molecule has 1 aromatic rings. The van der Waals surface area contributed by atoms with E-state index in [1.54, 1.807) is 0 Å². The maximum absolute atomic E-state index is 13.1. The number of amides is 2. The van der Waals surface area contributed by atoms with Crippen LogP contribution in [0.2, 0.25) is 0 Å². The van der Waals surface area contributed by atoms with Crippen LogP contribution in [0.5, 0.6) is 5.75 Å². The Hall–Kier alpha value is -2.08. The smallest absolute Gasteiger partial charge is 0.257 e. The van der Waals surface area contributed by atoms with Crippen LogP contribution in [0.25, 0.3) is 0 Å². The molecule has 1 saturated carbocycles. The highest BCUT2D eigenvalue weighted by Crippen LogP contribution is 2.39. The van der Waals surface area contributed by atoms with E-state index in [2.05, 4.69) is 0 Å². The van der Waals surface area contributed by atoms with Gasteiger partial charge in [0.1, 0.15) is 18.5 Å². The summed E-state index contributed by atoms with van der Waals surface area (Å²) >= 11 is 0. The van der Waals surface area contributed by atoms with E-state index in [-0.39, 0.29) is 24.5 Å². The number of para-hydroxylation sites is 1. The predicted molar refractivity (Wildman–Crippen MR) is 101 cm³/mol. The highest BCUT2D eigenvalue weighted by atomic mass is 16.5. The molecule has 2 aliphatic heterocycles. The molecule has 146 valence electrons. The molecule has 6 heteroatoms. The van der Waals surface area contributed by atoms with Gasteiger partial charge in [0.25, 0.3) is 5.91 Å². The molecule has 2 saturated heterocycles.